The maximum atomic E-state index is 14.0. The van der Waals surface area contributed by atoms with E-state index in [9.17, 15) is 4.39 Å². The molecule has 28 heavy (non-hydrogen) atoms. The highest BCUT2D eigenvalue weighted by molar-refractivity contribution is 6.03. The zero-order valence-electron chi connectivity index (χ0n) is 17.5. The molecule has 0 saturated carbocycles. The Kier molecular flexibility index (Phi) is 6.84. The number of nitrogens with zero attached hydrogens (tertiary/aromatic N) is 2. The van der Waals surface area contributed by atoms with Gasteiger partial charge in [-0.05, 0) is 51.2 Å². The van der Waals surface area contributed by atoms with Crippen molar-refractivity contribution in [1.29, 1.82) is 0 Å². The van der Waals surface area contributed by atoms with E-state index in [2.05, 4.69) is 35.6 Å². The predicted molar refractivity (Wildman–Crippen MR) is 114 cm³/mol. The van der Waals surface area contributed by atoms with Crippen molar-refractivity contribution in [2.45, 2.75) is 52.3 Å². The molecule has 2 heterocycles. The standard InChI is InChI=1S/C24H32FN2O/c1-5-9-22(25)20-10-12-21(13-11-20)23-17-27(23)24(16-18(2)19(3)28-4)26-14-7-6-8-15-26/h5,9-13,16-17,19,22H,6-8,14-15H2,1-4H3/q+1/b9-5+,18-16+. The monoisotopic (exact) mass is 383 g/mol. The van der Waals surface area contributed by atoms with Crippen molar-refractivity contribution in [2.24, 2.45) is 0 Å². The lowest BCUT2D eigenvalue weighted by Gasteiger charge is -2.17. The summed E-state index contributed by atoms with van der Waals surface area (Å²) in [5.74, 6) is 1.22. The Hall–Kier alpha value is -2.20. The van der Waals surface area contributed by atoms with E-state index in [4.69, 9.17) is 4.74 Å². The summed E-state index contributed by atoms with van der Waals surface area (Å²) >= 11 is 0. The number of hydrogen-bond donors (Lipinski definition) is 0. The Balaban J connectivity index is 1.81. The predicted octanol–water partition coefficient (Wildman–Crippen LogP) is 5.46. The van der Waals surface area contributed by atoms with Crippen LogP contribution >= 0.6 is 0 Å². The highest BCUT2D eigenvalue weighted by Gasteiger charge is 2.37. The summed E-state index contributed by atoms with van der Waals surface area (Å²) in [6.45, 7) is 8.21. The van der Waals surface area contributed by atoms with Crippen LogP contribution < -0.4 is 0 Å². The third-order valence-corrected chi connectivity index (χ3v) is 5.61. The van der Waals surface area contributed by atoms with Gasteiger partial charge in [0, 0.05) is 18.7 Å². The van der Waals surface area contributed by atoms with E-state index in [1.807, 2.05) is 31.2 Å². The van der Waals surface area contributed by atoms with E-state index >= 15 is 0 Å². The lowest BCUT2D eigenvalue weighted by atomic mass is 10.1. The summed E-state index contributed by atoms with van der Waals surface area (Å²) in [5, 5.41) is 0. The minimum atomic E-state index is -1.04. The van der Waals surface area contributed by atoms with Crippen LogP contribution in [0.3, 0.4) is 0 Å². The van der Waals surface area contributed by atoms with Gasteiger partial charge in [-0.1, -0.05) is 36.4 Å². The smallest absolute Gasteiger partial charge is 0.282 e. The molecule has 0 bridgehead atoms. The van der Waals surface area contributed by atoms with E-state index in [0.29, 0.717) is 5.56 Å². The van der Waals surface area contributed by atoms with Crippen LogP contribution in [-0.4, -0.2) is 41.6 Å². The molecule has 2 unspecified atom stereocenters. The highest BCUT2D eigenvalue weighted by atomic mass is 19.1. The van der Waals surface area contributed by atoms with Gasteiger partial charge in [-0.3, -0.25) is 4.58 Å². The first-order valence-electron chi connectivity index (χ1n) is 10.3. The van der Waals surface area contributed by atoms with Crippen molar-refractivity contribution >= 4 is 11.5 Å². The summed E-state index contributed by atoms with van der Waals surface area (Å²) in [5.41, 5.74) is 4.21. The summed E-state index contributed by atoms with van der Waals surface area (Å²) in [4.78, 5) is 2.26. The zero-order valence-corrected chi connectivity index (χ0v) is 17.5. The molecule has 3 nitrogen and oxygen atoms in total. The molecule has 0 spiro atoms. The molecular formula is C24H32FN2O+. The van der Waals surface area contributed by atoms with Crippen LogP contribution in [0.2, 0.25) is 0 Å². The zero-order chi connectivity index (χ0) is 20.1. The van der Waals surface area contributed by atoms with E-state index in [0.717, 1.165) is 18.7 Å². The van der Waals surface area contributed by atoms with Crippen molar-refractivity contribution in [3.05, 3.63) is 65.4 Å². The fraction of sp³-hybridized carbons (Fsp3) is 0.458. The van der Waals surface area contributed by atoms with Gasteiger partial charge in [0.25, 0.3) is 5.84 Å². The first-order valence-corrected chi connectivity index (χ1v) is 10.3. The second kappa shape index (κ2) is 9.33. The first kappa shape index (κ1) is 20.5. The second-order valence-electron chi connectivity index (χ2n) is 7.61. The Morgan fingerprint density at radius 3 is 2.46 bits per heavy atom. The second-order valence-corrected chi connectivity index (χ2v) is 7.61. The lowest BCUT2D eigenvalue weighted by molar-refractivity contribution is -0.539. The molecule has 2 aliphatic heterocycles. The molecule has 3 rings (SSSR count). The van der Waals surface area contributed by atoms with Crippen molar-refractivity contribution < 1.29 is 13.7 Å². The number of halogens is 1. The van der Waals surface area contributed by atoms with E-state index in [-0.39, 0.29) is 6.10 Å². The van der Waals surface area contributed by atoms with Gasteiger partial charge in [0.05, 0.1) is 19.2 Å². The largest absolute Gasteiger partial charge is 0.377 e. The van der Waals surface area contributed by atoms with Gasteiger partial charge < -0.3 is 4.74 Å². The molecule has 0 aromatic heterocycles. The van der Waals surface area contributed by atoms with Gasteiger partial charge >= 0.3 is 0 Å². The number of allylic oxidation sites excluding steroid dienone is 2. The van der Waals surface area contributed by atoms with Crippen LogP contribution in [0, 0.1) is 0 Å². The molecule has 150 valence electrons. The van der Waals surface area contributed by atoms with Crippen LogP contribution in [0.5, 0.6) is 0 Å². The number of piperidine rings is 1. The molecule has 0 N–H and O–H groups in total. The third kappa shape index (κ3) is 4.79. The number of amidine groups is 1. The molecule has 1 aromatic rings. The number of methoxy groups -OCH3 is 1. The molecular weight excluding hydrogens is 351 g/mol. The molecule has 4 heteroatoms. The normalized spacial score (nSPS) is 19.6. The molecule has 2 atom stereocenters. The van der Waals surface area contributed by atoms with Crippen LogP contribution in [0.25, 0.3) is 5.70 Å². The number of benzene rings is 1. The van der Waals surface area contributed by atoms with E-state index in [1.54, 1.807) is 19.3 Å². The number of alkyl halides is 1. The average Bonchev–Trinajstić information content (AvgIpc) is 3.52. The lowest BCUT2D eigenvalue weighted by Crippen LogP contribution is -2.31. The van der Waals surface area contributed by atoms with Crippen molar-refractivity contribution in [3.63, 3.8) is 0 Å². The Bertz CT molecular complexity index is 796. The van der Waals surface area contributed by atoms with Crippen LogP contribution in [0.1, 0.15) is 57.3 Å². The topological polar surface area (TPSA) is 15.2 Å². The summed E-state index contributed by atoms with van der Waals surface area (Å²) in [7, 11) is 1.75. The van der Waals surface area contributed by atoms with Gasteiger partial charge in [-0.15, -0.1) is 0 Å². The number of hydrogen-bond acceptors (Lipinski definition) is 1. The Labute approximate surface area is 168 Å². The Morgan fingerprint density at radius 2 is 1.86 bits per heavy atom. The van der Waals surface area contributed by atoms with Crippen LogP contribution in [0.15, 0.2) is 54.3 Å². The highest BCUT2D eigenvalue weighted by Crippen LogP contribution is 2.34. The SMILES string of the molecule is C/C=C/C(F)c1ccc(C2=CN2C(/C=C(\C)C(C)OC)=[N+]2CCCCC2)cc1. The maximum Gasteiger partial charge on any atom is 0.282 e. The van der Waals surface area contributed by atoms with Crippen molar-refractivity contribution in [3.8, 4) is 0 Å². The van der Waals surface area contributed by atoms with Crippen molar-refractivity contribution in [1.82, 2.24) is 4.90 Å². The quantitative estimate of drug-likeness (QED) is 0.368. The Morgan fingerprint density at radius 1 is 1.18 bits per heavy atom. The van der Waals surface area contributed by atoms with Gasteiger partial charge in [0.2, 0.25) is 0 Å². The minimum Gasteiger partial charge on any atom is -0.377 e. The molecule has 1 aromatic carbocycles. The van der Waals surface area contributed by atoms with Gasteiger partial charge in [0.1, 0.15) is 12.4 Å². The van der Waals surface area contributed by atoms with Gasteiger partial charge in [-0.25, -0.2) is 4.39 Å². The molecule has 0 radical (unpaired) electrons. The summed E-state index contributed by atoms with van der Waals surface area (Å²) < 4.78 is 22.0. The molecule has 0 aliphatic carbocycles. The molecule has 1 saturated heterocycles. The number of rotatable bonds is 6. The van der Waals surface area contributed by atoms with Crippen LogP contribution in [0.4, 0.5) is 4.39 Å². The molecule has 1 fully saturated rings. The third-order valence-electron chi connectivity index (χ3n) is 5.61. The maximum absolute atomic E-state index is 14.0. The van der Waals surface area contributed by atoms with Crippen LogP contribution in [-0.2, 0) is 4.74 Å². The minimum absolute atomic E-state index is 0.0931. The summed E-state index contributed by atoms with van der Waals surface area (Å²) in [6.07, 6.45) is 10.6. The van der Waals surface area contributed by atoms with E-state index < -0.39 is 6.17 Å². The molecule has 0 amide bonds. The van der Waals surface area contributed by atoms with Gasteiger partial charge in [-0.2, -0.15) is 4.90 Å². The first-order chi connectivity index (χ1) is 13.5. The van der Waals surface area contributed by atoms with E-state index in [1.165, 1.54) is 36.4 Å². The molecule has 2 aliphatic rings. The van der Waals surface area contributed by atoms with Gasteiger partial charge in [0.15, 0.2) is 5.70 Å². The average molecular weight is 384 g/mol. The number of ether oxygens (including phenoxy) is 1. The fourth-order valence-corrected chi connectivity index (χ4v) is 3.56. The van der Waals surface area contributed by atoms with Crippen molar-refractivity contribution in [2.75, 3.05) is 20.2 Å². The summed E-state index contributed by atoms with van der Waals surface area (Å²) in [6, 6.07) is 7.79. The fourth-order valence-electron chi connectivity index (χ4n) is 3.56.